The van der Waals surface area contributed by atoms with Crippen molar-refractivity contribution >= 4 is 28.4 Å². The molecule has 1 aromatic rings. The molecule has 0 unspecified atom stereocenters. The van der Waals surface area contributed by atoms with Crippen LogP contribution in [0.5, 0.6) is 0 Å². The molecular weight excluding hydrogens is 352 g/mol. The van der Waals surface area contributed by atoms with Gasteiger partial charge in [0, 0.05) is 10.3 Å². The molecule has 0 amide bonds. The fraction of sp³-hybridized carbons (Fsp3) is 0.444. The van der Waals surface area contributed by atoms with Crippen LogP contribution in [0.2, 0.25) is 39.3 Å². The van der Waals surface area contributed by atoms with Crippen molar-refractivity contribution in [2.24, 2.45) is 0 Å². The van der Waals surface area contributed by atoms with E-state index >= 15 is 0 Å². The molecule has 0 atom stereocenters. The zero-order valence-electron chi connectivity index (χ0n) is 15.9. The standard InChI is InChI=1S/C18H30O3SSi2/c1-8-19-18(21-24(5,6)7)14-16(20-23(2,3)4)15-22-17-12-10-9-11-13-17/h9-15H,8H2,1-7H3. The number of allylic oxidation sites excluding steroid dienone is 1. The zero-order chi connectivity index (χ0) is 18.2. The molecule has 0 spiro atoms. The molecule has 6 heteroatoms. The molecule has 1 aromatic carbocycles. The third-order valence-corrected chi connectivity index (χ3v) is 4.99. The molecule has 0 aliphatic heterocycles. The van der Waals surface area contributed by atoms with Crippen molar-refractivity contribution in [2.45, 2.75) is 51.1 Å². The average Bonchev–Trinajstić information content (AvgIpc) is 2.43. The summed E-state index contributed by atoms with van der Waals surface area (Å²) in [6.45, 7) is 15.5. The van der Waals surface area contributed by atoms with Crippen LogP contribution >= 0.6 is 11.8 Å². The van der Waals surface area contributed by atoms with Gasteiger partial charge < -0.3 is 13.6 Å². The van der Waals surface area contributed by atoms with E-state index in [0.717, 1.165) is 5.76 Å². The highest BCUT2D eigenvalue weighted by Crippen LogP contribution is 2.24. The Hall–Kier alpha value is -1.12. The number of thioether (sulfide) groups is 1. The lowest BCUT2D eigenvalue weighted by Gasteiger charge is -2.24. The molecular formula is C18H30O3SSi2. The molecule has 0 bridgehead atoms. The van der Waals surface area contributed by atoms with Crippen molar-refractivity contribution < 1.29 is 13.6 Å². The normalized spacial score (nSPS) is 13.6. The molecule has 0 aromatic heterocycles. The molecule has 0 saturated heterocycles. The Balaban J connectivity index is 3.03. The maximum Gasteiger partial charge on any atom is 0.269 e. The number of rotatable bonds is 9. The summed E-state index contributed by atoms with van der Waals surface area (Å²) in [5.74, 6) is 1.35. The van der Waals surface area contributed by atoms with Crippen molar-refractivity contribution in [1.29, 1.82) is 0 Å². The number of hydrogen-bond donors (Lipinski definition) is 0. The lowest BCUT2D eigenvalue weighted by atomic mass is 10.4. The number of hydrogen-bond acceptors (Lipinski definition) is 4. The minimum Gasteiger partial charge on any atom is -0.544 e. The Kier molecular flexibility index (Phi) is 8.19. The summed E-state index contributed by atoms with van der Waals surface area (Å²) in [5.41, 5.74) is 0. The van der Waals surface area contributed by atoms with Gasteiger partial charge in [0.2, 0.25) is 16.6 Å². The molecule has 3 nitrogen and oxygen atoms in total. The van der Waals surface area contributed by atoms with Crippen LogP contribution in [0.1, 0.15) is 6.92 Å². The van der Waals surface area contributed by atoms with Crippen LogP contribution in [0.3, 0.4) is 0 Å². The van der Waals surface area contributed by atoms with Crippen LogP contribution in [0, 0.1) is 0 Å². The topological polar surface area (TPSA) is 27.7 Å². The quantitative estimate of drug-likeness (QED) is 0.220. The average molecular weight is 383 g/mol. The SMILES string of the molecule is CCOC(=CC(=CSc1ccccc1)O[Si](C)(C)C)O[Si](C)(C)C. The van der Waals surface area contributed by atoms with Crippen molar-refractivity contribution in [2.75, 3.05) is 6.61 Å². The van der Waals surface area contributed by atoms with E-state index in [0.29, 0.717) is 12.6 Å². The lowest BCUT2D eigenvalue weighted by molar-refractivity contribution is 0.111. The third-order valence-electron chi connectivity index (χ3n) is 2.43. The van der Waals surface area contributed by atoms with Crippen LogP contribution in [0.15, 0.2) is 58.4 Å². The summed E-state index contributed by atoms with van der Waals surface area (Å²) in [4.78, 5) is 1.17. The highest BCUT2D eigenvalue weighted by molar-refractivity contribution is 8.02. The molecule has 0 radical (unpaired) electrons. The second kappa shape index (κ2) is 9.39. The molecule has 24 heavy (non-hydrogen) atoms. The predicted molar refractivity (Wildman–Crippen MR) is 109 cm³/mol. The van der Waals surface area contributed by atoms with Crippen molar-refractivity contribution in [3.63, 3.8) is 0 Å². The maximum absolute atomic E-state index is 6.21. The van der Waals surface area contributed by atoms with Crippen LogP contribution in [0.4, 0.5) is 0 Å². The first-order chi connectivity index (χ1) is 11.1. The Morgan fingerprint density at radius 1 is 0.958 bits per heavy atom. The first kappa shape index (κ1) is 20.9. The van der Waals surface area contributed by atoms with Gasteiger partial charge in [-0.05, 0) is 58.3 Å². The van der Waals surface area contributed by atoms with E-state index in [-0.39, 0.29) is 0 Å². The van der Waals surface area contributed by atoms with Gasteiger partial charge in [0.1, 0.15) is 5.76 Å². The van der Waals surface area contributed by atoms with E-state index < -0.39 is 16.6 Å². The molecule has 0 aliphatic carbocycles. The molecule has 0 N–H and O–H groups in total. The summed E-state index contributed by atoms with van der Waals surface area (Å²) in [7, 11) is -3.47. The lowest BCUT2D eigenvalue weighted by Crippen LogP contribution is -2.27. The van der Waals surface area contributed by atoms with E-state index in [1.807, 2.05) is 36.6 Å². The fourth-order valence-electron chi connectivity index (χ4n) is 1.73. The highest BCUT2D eigenvalue weighted by Gasteiger charge is 2.21. The van der Waals surface area contributed by atoms with Gasteiger partial charge in [-0.25, -0.2) is 0 Å². The fourth-order valence-corrected chi connectivity index (χ4v) is 4.04. The summed E-state index contributed by atoms with van der Waals surface area (Å²) in [5, 5.41) is 2.03. The van der Waals surface area contributed by atoms with E-state index in [4.69, 9.17) is 13.6 Å². The Morgan fingerprint density at radius 3 is 2.04 bits per heavy atom. The summed E-state index contributed by atoms with van der Waals surface area (Å²) < 4.78 is 17.9. The zero-order valence-corrected chi connectivity index (χ0v) is 18.7. The van der Waals surface area contributed by atoms with Gasteiger partial charge in [-0.3, -0.25) is 0 Å². The largest absolute Gasteiger partial charge is 0.544 e. The van der Waals surface area contributed by atoms with Crippen molar-refractivity contribution in [3.05, 3.63) is 53.5 Å². The maximum atomic E-state index is 6.21. The van der Waals surface area contributed by atoms with Crippen LogP contribution < -0.4 is 0 Å². The summed E-state index contributed by atoms with van der Waals surface area (Å²) in [6.07, 6.45) is 1.88. The highest BCUT2D eigenvalue weighted by atomic mass is 32.2. The third kappa shape index (κ3) is 9.90. The molecule has 0 saturated carbocycles. The van der Waals surface area contributed by atoms with Gasteiger partial charge in [-0.2, -0.15) is 0 Å². The Bertz CT molecular complexity index is 558. The molecule has 0 aliphatic rings. The second-order valence-electron chi connectivity index (χ2n) is 7.28. The van der Waals surface area contributed by atoms with Crippen molar-refractivity contribution in [1.82, 2.24) is 0 Å². The monoisotopic (exact) mass is 382 g/mol. The van der Waals surface area contributed by atoms with E-state index in [1.54, 1.807) is 11.8 Å². The van der Waals surface area contributed by atoms with E-state index in [2.05, 4.69) is 51.4 Å². The minimum absolute atomic E-state index is 0.551. The van der Waals surface area contributed by atoms with Gasteiger partial charge in [-0.15, -0.1) is 0 Å². The minimum atomic E-state index is -1.74. The van der Waals surface area contributed by atoms with E-state index in [1.165, 1.54) is 4.90 Å². The van der Waals surface area contributed by atoms with Crippen molar-refractivity contribution in [3.8, 4) is 0 Å². The van der Waals surface area contributed by atoms with Gasteiger partial charge in [0.05, 0.1) is 12.7 Å². The number of benzene rings is 1. The van der Waals surface area contributed by atoms with Crippen LogP contribution in [0.25, 0.3) is 0 Å². The van der Waals surface area contributed by atoms with Crippen LogP contribution in [-0.2, 0) is 13.6 Å². The molecule has 0 fully saturated rings. The van der Waals surface area contributed by atoms with Gasteiger partial charge in [0.25, 0.3) is 5.95 Å². The first-order valence-corrected chi connectivity index (χ1v) is 15.9. The van der Waals surface area contributed by atoms with Gasteiger partial charge >= 0.3 is 0 Å². The predicted octanol–water partition coefficient (Wildman–Crippen LogP) is 6.20. The smallest absolute Gasteiger partial charge is 0.269 e. The van der Waals surface area contributed by atoms with Crippen LogP contribution in [-0.4, -0.2) is 23.2 Å². The molecule has 1 rings (SSSR count). The van der Waals surface area contributed by atoms with Gasteiger partial charge in [0.15, 0.2) is 0 Å². The van der Waals surface area contributed by atoms with E-state index in [9.17, 15) is 0 Å². The Labute approximate surface area is 153 Å². The molecule has 134 valence electrons. The first-order valence-electron chi connectivity index (χ1n) is 8.23. The Morgan fingerprint density at radius 2 is 1.54 bits per heavy atom. The number of ether oxygens (including phenoxy) is 1. The summed E-state index contributed by atoms with van der Waals surface area (Å²) >= 11 is 1.64. The summed E-state index contributed by atoms with van der Waals surface area (Å²) in [6, 6.07) is 10.2. The van der Waals surface area contributed by atoms with Gasteiger partial charge in [-0.1, -0.05) is 30.0 Å². The molecule has 0 heterocycles. The second-order valence-corrected chi connectivity index (χ2v) is 17.1.